The van der Waals surface area contributed by atoms with Crippen LogP contribution >= 0.6 is 8.30 Å². The Morgan fingerprint density at radius 2 is 1.91 bits per heavy atom. The number of nitrogens with zero attached hydrogens (tertiary/aromatic N) is 2. The van der Waals surface area contributed by atoms with Gasteiger partial charge in [-0.05, 0) is 40.5 Å². The van der Waals surface area contributed by atoms with Gasteiger partial charge in [0.1, 0.15) is 14.9 Å². The van der Waals surface area contributed by atoms with Crippen LogP contribution in [-0.2, 0) is 9.26 Å². The van der Waals surface area contributed by atoms with Gasteiger partial charge in [0.2, 0.25) is 6.54 Å². The van der Waals surface area contributed by atoms with Crippen molar-refractivity contribution in [2.24, 2.45) is 5.92 Å². The average Bonchev–Trinajstić information content (AvgIpc) is 2.42. The Hall–Kier alpha value is -0.240. The van der Waals surface area contributed by atoms with E-state index in [2.05, 4.69) is 44.1 Å². The number of aliphatic hydroxyl groups excluding tert-OH is 1. The molecule has 22 heavy (non-hydrogen) atoms. The van der Waals surface area contributed by atoms with Crippen molar-refractivity contribution in [3.63, 3.8) is 0 Å². The van der Waals surface area contributed by atoms with Gasteiger partial charge in [0.25, 0.3) is 0 Å². The molecule has 0 spiro atoms. The Bertz CT molecular complexity index is 365. The Morgan fingerprint density at radius 1 is 1.32 bits per heavy atom. The first-order valence-electron chi connectivity index (χ1n) is 8.14. The minimum absolute atomic E-state index is 0.0503. The fraction of sp³-hybridized carbons (Fsp3) is 0.938. The molecule has 1 aliphatic rings. The normalized spacial score (nSPS) is 30.8. The van der Waals surface area contributed by atoms with E-state index >= 15 is 0 Å². The lowest BCUT2D eigenvalue weighted by atomic mass is 9.97. The van der Waals surface area contributed by atoms with Crippen LogP contribution in [0.5, 0.6) is 0 Å². The molecule has 5 atom stereocenters. The summed E-state index contributed by atoms with van der Waals surface area (Å²) in [6.45, 7) is 21.1. The summed E-state index contributed by atoms with van der Waals surface area (Å²) in [6.07, 6.45) is -0.695. The summed E-state index contributed by atoms with van der Waals surface area (Å²) in [4.78, 5) is 3.38. The molecule has 1 fully saturated rings. The van der Waals surface area contributed by atoms with Crippen molar-refractivity contribution in [3.05, 3.63) is 11.4 Å². The van der Waals surface area contributed by atoms with Crippen LogP contribution in [0.2, 0.25) is 0 Å². The average molecular weight is 330 g/mol. The van der Waals surface area contributed by atoms with Crippen molar-refractivity contribution in [2.75, 3.05) is 19.8 Å². The van der Waals surface area contributed by atoms with E-state index in [1.807, 2.05) is 6.92 Å². The number of hydrogen-bond donors (Lipinski definition) is 1. The maximum Gasteiger partial charge on any atom is 0.238 e. The summed E-state index contributed by atoms with van der Waals surface area (Å²) >= 11 is 0. The van der Waals surface area contributed by atoms with Crippen molar-refractivity contribution in [1.82, 2.24) is 4.67 Å². The zero-order valence-electron chi connectivity index (χ0n) is 14.7. The zero-order valence-corrected chi connectivity index (χ0v) is 15.6. The standard InChI is InChI=1S/C16H31N2O3P/c1-11(2)18(12(3)4)22(21-9-8-17-7)16-13(5)10-20-14(6)15(16)19/h11-16,19H,8-10H2,1-6H3/t13?,14-,15?,16?,22+/m0/s1. The molecule has 0 aromatic heterocycles. The Kier molecular flexibility index (Phi) is 8.24. The van der Waals surface area contributed by atoms with Crippen LogP contribution in [-0.4, -0.2) is 59.5 Å². The Morgan fingerprint density at radius 3 is 2.41 bits per heavy atom. The van der Waals surface area contributed by atoms with Crippen LogP contribution in [0.15, 0.2) is 0 Å². The first-order valence-corrected chi connectivity index (χ1v) is 9.42. The van der Waals surface area contributed by atoms with Crippen molar-refractivity contribution in [2.45, 2.75) is 71.5 Å². The molecule has 5 nitrogen and oxygen atoms in total. The molecular weight excluding hydrogens is 299 g/mol. The minimum atomic E-state index is -0.978. The van der Waals surface area contributed by atoms with E-state index in [0.29, 0.717) is 31.8 Å². The van der Waals surface area contributed by atoms with Gasteiger partial charge in [-0.3, -0.25) is 4.67 Å². The highest BCUT2D eigenvalue weighted by molar-refractivity contribution is 7.51. The van der Waals surface area contributed by atoms with Crippen molar-refractivity contribution < 1.29 is 14.4 Å². The summed E-state index contributed by atoms with van der Waals surface area (Å²) in [6, 6.07) is 0.660. The van der Waals surface area contributed by atoms with E-state index in [9.17, 15) is 5.11 Å². The quantitative estimate of drug-likeness (QED) is 0.442. The number of rotatable bonds is 7. The van der Waals surface area contributed by atoms with Gasteiger partial charge in [-0.25, -0.2) is 6.57 Å². The molecular formula is C16H31N2O3P. The monoisotopic (exact) mass is 330 g/mol. The molecule has 6 heteroatoms. The van der Waals surface area contributed by atoms with Crippen LogP contribution < -0.4 is 0 Å². The summed E-state index contributed by atoms with van der Waals surface area (Å²) in [5.74, 6) is 0.241. The van der Waals surface area contributed by atoms with Crippen molar-refractivity contribution >= 4 is 8.30 Å². The third-order valence-corrected chi connectivity index (χ3v) is 7.15. The van der Waals surface area contributed by atoms with E-state index in [4.69, 9.17) is 15.8 Å². The van der Waals surface area contributed by atoms with Crippen LogP contribution in [0.25, 0.3) is 4.85 Å². The molecule has 1 N–H and O–H groups in total. The van der Waals surface area contributed by atoms with E-state index in [1.165, 1.54) is 0 Å². The highest BCUT2D eigenvalue weighted by atomic mass is 31.2. The van der Waals surface area contributed by atoms with Gasteiger partial charge in [-0.15, -0.1) is 0 Å². The summed E-state index contributed by atoms with van der Waals surface area (Å²) in [5.41, 5.74) is 0.0503. The first-order chi connectivity index (χ1) is 10.3. The largest absolute Gasteiger partial charge is 0.390 e. The van der Waals surface area contributed by atoms with E-state index in [-0.39, 0.29) is 17.7 Å². The molecule has 1 saturated heterocycles. The topological polar surface area (TPSA) is 46.3 Å². The highest BCUT2D eigenvalue weighted by Gasteiger charge is 2.44. The van der Waals surface area contributed by atoms with Crippen molar-refractivity contribution in [1.29, 1.82) is 0 Å². The van der Waals surface area contributed by atoms with Gasteiger partial charge in [0, 0.05) is 12.1 Å². The van der Waals surface area contributed by atoms with E-state index < -0.39 is 14.4 Å². The fourth-order valence-corrected chi connectivity index (χ4v) is 5.82. The predicted molar refractivity (Wildman–Crippen MR) is 90.8 cm³/mol. The number of ether oxygens (including phenoxy) is 1. The maximum absolute atomic E-state index is 10.7. The zero-order chi connectivity index (χ0) is 16.9. The van der Waals surface area contributed by atoms with Gasteiger partial charge < -0.3 is 19.2 Å². The molecule has 0 saturated carbocycles. The summed E-state index contributed by atoms with van der Waals surface area (Å²) in [5, 5.41) is 10.7. The van der Waals surface area contributed by atoms with Gasteiger partial charge >= 0.3 is 0 Å². The summed E-state index contributed by atoms with van der Waals surface area (Å²) in [7, 11) is -0.978. The van der Waals surface area contributed by atoms with Crippen LogP contribution in [0, 0.1) is 12.5 Å². The Balaban J connectivity index is 3.03. The Labute approximate surface area is 136 Å². The van der Waals surface area contributed by atoms with Gasteiger partial charge in [-0.1, -0.05) is 6.92 Å². The van der Waals surface area contributed by atoms with Gasteiger partial charge in [0.05, 0.1) is 24.5 Å². The predicted octanol–water partition coefficient (Wildman–Crippen LogP) is 3.14. The molecule has 0 amide bonds. The molecule has 1 rings (SSSR count). The second-order valence-electron chi connectivity index (χ2n) is 6.58. The molecule has 0 aliphatic carbocycles. The first kappa shape index (κ1) is 19.8. The molecule has 0 bridgehead atoms. The molecule has 0 aromatic carbocycles. The second-order valence-corrected chi connectivity index (χ2v) is 8.50. The number of hydrogen-bond acceptors (Lipinski definition) is 4. The van der Waals surface area contributed by atoms with Crippen LogP contribution in [0.3, 0.4) is 0 Å². The third kappa shape index (κ3) is 4.88. The maximum atomic E-state index is 10.7. The molecule has 1 aliphatic heterocycles. The molecule has 1 heterocycles. The second kappa shape index (κ2) is 9.15. The van der Waals surface area contributed by atoms with E-state index in [1.54, 1.807) is 0 Å². The lowest BCUT2D eigenvalue weighted by Crippen LogP contribution is -2.50. The van der Waals surface area contributed by atoms with Gasteiger partial charge in [-0.2, -0.15) is 0 Å². The SMILES string of the molecule is [C-]#[N+]CCO[P@](C1C(C)CO[C@@H](C)C1O)N(C(C)C)C(C)C. The van der Waals surface area contributed by atoms with Crippen LogP contribution in [0.4, 0.5) is 0 Å². The third-order valence-electron chi connectivity index (χ3n) is 4.00. The fourth-order valence-electron chi connectivity index (χ4n) is 3.00. The number of aliphatic hydroxyl groups is 1. The molecule has 3 unspecified atom stereocenters. The highest BCUT2D eigenvalue weighted by Crippen LogP contribution is 2.54. The summed E-state index contributed by atoms with van der Waals surface area (Å²) < 4.78 is 14.2. The lowest BCUT2D eigenvalue weighted by molar-refractivity contribution is -0.0844. The van der Waals surface area contributed by atoms with E-state index in [0.717, 1.165) is 0 Å². The lowest BCUT2D eigenvalue weighted by Gasteiger charge is -2.47. The van der Waals surface area contributed by atoms with Crippen molar-refractivity contribution in [3.8, 4) is 0 Å². The van der Waals surface area contributed by atoms with Gasteiger partial charge in [0.15, 0.2) is 0 Å². The minimum Gasteiger partial charge on any atom is -0.390 e. The molecule has 0 aromatic rings. The van der Waals surface area contributed by atoms with Crippen LogP contribution in [0.1, 0.15) is 41.5 Å². The molecule has 128 valence electrons. The molecule has 0 radical (unpaired) electrons. The smallest absolute Gasteiger partial charge is 0.238 e.